The number of hydrogen-bond donors (Lipinski definition) is 0. The van der Waals surface area contributed by atoms with Gasteiger partial charge in [-0.1, -0.05) is 18.2 Å². The van der Waals surface area contributed by atoms with Crippen molar-refractivity contribution in [2.24, 2.45) is 0 Å². The van der Waals surface area contributed by atoms with E-state index in [9.17, 15) is 13.2 Å². The van der Waals surface area contributed by atoms with Crippen molar-refractivity contribution in [2.75, 3.05) is 56.1 Å². The molecule has 0 aromatic heterocycles. The lowest BCUT2D eigenvalue weighted by atomic mass is 10.2. The molecule has 0 bridgehead atoms. The number of carbonyl (C=O) groups excluding carboxylic acids is 1. The van der Waals surface area contributed by atoms with Gasteiger partial charge in [0.1, 0.15) is 22.9 Å². The number of aryl methyl sites for hydroxylation is 2. The minimum Gasteiger partial charge on any atom is -0.497 e. The number of amides is 1. The number of anilines is 2. The van der Waals surface area contributed by atoms with Crippen molar-refractivity contribution in [1.82, 2.24) is 4.90 Å². The highest BCUT2D eigenvalue weighted by atomic mass is 32.2. The largest absolute Gasteiger partial charge is 0.497 e. The Kier molecular flexibility index (Phi) is 7.92. The number of methoxy groups -OCH3 is 2. The van der Waals surface area contributed by atoms with E-state index >= 15 is 0 Å². The van der Waals surface area contributed by atoms with E-state index in [4.69, 9.17) is 9.47 Å². The van der Waals surface area contributed by atoms with Gasteiger partial charge in [0.2, 0.25) is 5.91 Å². The first-order chi connectivity index (χ1) is 17.7. The third-order valence-electron chi connectivity index (χ3n) is 6.53. The number of ether oxygens (including phenoxy) is 2. The third kappa shape index (κ3) is 5.83. The van der Waals surface area contributed by atoms with E-state index < -0.39 is 10.0 Å². The molecule has 0 spiro atoms. The van der Waals surface area contributed by atoms with E-state index in [1.807, 2.05) is 44.2 Å². The summed E-state index contributed by atoms with van der Waals surface area (Å²) in [4.78, 5) is 17.4. The van der Waals surface area contributed by atoms with Crippen LogP contribution >= 0.6 is 0 Å². The monoisotopic (exact) mass is 523 g/mol. The first-order valence-corrected chi connectivity index (χ1v) is 13.6. The van der Waals surface area contributed by atoms with E-state index in [0.717, 1.165) is 22.6 Å². The fourth-order valence-corrected chi connectivity index (χ4v) is 6.08. The Morgan fingerprint density at radius 1 is 0.865 bits per heavy atom. The molecule has 0 unspecified atom stereocenters. The second-order valence-corrected chi connectivity index (χ2v) is 10.9. The predicted molar refractivity (Wildman–Crippen MR) is 145 cm³/mol. The SMILES string of the molecule is COc1ccc(N2CCN(C(=O)CN(c3cccc(C)c3)S(=O)(=O)c3cc(C)ccc3OC)CC2)cc1. The highest BCUT2D eigenvalue weighted by Gasteiger charge is 2.32. The summed E-state index contributed by atoms with van der Waals surface area (Å²) in [7, 11) is -1.02. The van der Waals surface area contributed by atoms with Crippen LogP contribution in [0, 0.1) is 13.8 Å². The van der Waals surface area contributed by atoms with E-state index in [-0.39, 0.29) is 23.1 Å². The molecular weight excluding hydrogens is 490 g/mol. The van der Waals surface area contributed by atoms with Crippen LogP contribution in [0.1, 0.15) is 11.1 Å². The minimum atomic E-state index is -4.09. The van der Waals surface area contributed by atoms with Gasteiger partial charge in [0.05, 0.1) is 19.9 Å². The van der Waals surface area contributed by atoms with Crippen LogP contribution in [0.3, 0.4) is 0 Å². The maximum Gasteiger partial charge on any atom is 0.268 e. The second kappa shape index (κ2) is 11.1. The zero-order chi connectivity index (χ0) is 26.6. The van der Waals surface area contributed by atoms with E-state index in [1.54, 1.807) is 48.4 Å². The Morgan fingerprint density at radius 3 is 2.16 bits per heavy atom. The number of nitrogens with zero attached hydrogens (tertiary/aromatic N) is 3. The summed E-state index contributed by atoms with van der Waals surface area (Å²) in [6, 6.07) is 20.0. The number of hydrogen-bond acceptors (Lipinski definition) is 6. The van der Waals surface area contributed by atoms with Crippen molar-refractivity contribution in [2.45, 2.75) is 18.7 Å². The molecule has 4 rings (SSSR count). The molecule has 1 amide bonds. The smallest absolute Gasteiger partial charge is 0.268 e. The molecular formula is C28H33N3O5S. The molecule has 0 aliphatic carbocycles. The second-order valence-electron chi connectivity index (χ2n) is 9.07. The molecule has 1 heterocycles. The van der Waals surface area contributed by atoms with Crippen LogP contribution in [0.5, 0.6) is 11.5 Å². The molecule has 196 valence electrons. The fraction of sp³-hybridized carbons (Fsp3) is 0.321. The first-order valence-electron chi connectivity index (χ1n) is 12.1. The Labute approximate surface area is 219 Å². The Hall–Kier alpha value is -3.72. The van der Waals surface area contributed by atoms with Gasteiger partial charge >= 0.3 is 0 Å². The van der Waals surface area contributed by atoms with Crippen LogP contribution in [0.15, 0.2) is 71.6 Å². The number of carbonyl (C=O) groups is 1. The summed E-state index contributed by atoms with van der Waals surface area (Å²) < 4.78 is 39.7. The van der Waals surface area contributed by atoms with Crippen LogP contribution in [-0.2, 0) is 14.8 Å². The molecule has 0 saturated carbocycles. The molecule has 3 aromatic rings. The van der Waals surface area contributed by atoms with Crippen molar-refractivity contribution in [3.63, 3.8) is 0 Å². The molecule has 37 heavy (non-hydrogen) atoms. The fourth-order valence-electron chi connectivity index (χ4n) is 4.43. The molecule has 1 aliphatic rings. The normalized spacial score (nSPS) is 13.8. The van der Waals surface area contributed by atoms with E-state index in [2.05, 4.69) is 4.90 Å². The van der Waals surface area contributed by atoms with Crippen LogP contribution < -0.4 is 18.7 Å². The van der Waals surface area contributed by atoms with Gasteiger partial charge < -0.3 is 19.3 Å². The average molecular weight is 524 g/mol. The van der Waals surface area contributed by atoms with Crippen molar-refractivity contribution in [1.29, 1.82) is 0 Å². The number of sulfonamides is 1. The van der Waals surface area contributed by atoms with Gasteiger partial charge in [-0.05, 0) is 73.5 Å². The zero-order valence-corrected chi connectivity index (χ0v) is 22.5. The predicted octanol–water partition coefficient (Wildman–Crippen LogP) is 3.86. The highest BCUT2D eigenvalue weighted by Crippen LogP contribution is 2.31. The Bertz CT molecular complexity index is 1350. The molecule has 1 saturated heterocycles. The van der Waals surface area contributed by atoms with Crippen LogP contribution in [0.25, 0.3) is 0 Å². The van der Waals surface area contributed by atoms with Gasteiger partial charge in [-0.2, -0.15) is 0 Å². The lowest BCUT2D eigenvalue weighted by Crippen LogP contribution is -2.52. The Balaban J connectivity index is 1.56. The van der Waals surface area contributed by atoms with Crippen molar-refractivity contribution >= 4 is 27.3 Å². The molecule has 0 radical (unpaired) electrons. The van der Waals surface area contributed by atoms with Gasteiger partial charge in [-0.15, -0.1) is 0 Å². The number of rotatable bonds is 8. The van der Waals surface area contributed by atoms with Gasteiger partial charge in [0, 0.05) is 31.9 Å². The van der Waals surface area contributed by atoms with E-state index in [1.165, 1.54) is 11.4 Å². The molecule has 8 nitrogen and oxygen atoms in total. The minimum absolute atomic E-state index is 0.0358. The number of benzene rings is 3. The Morgan fingerprint density at radius 2 is 1.54 bits per heavy atom. The lowest BCUT2D eigenvalue weighted by Gasteiger charge is -2.37. The first kappa shape index (κ1) is 26.3. The third-order valence-corrected chi connectivity index (χ3v) is 8.32. The van der Waals surface area contributed by atoms with Crippen LogP contribution in [-0.4, -0.2) is 66.2 Å². The highest BCUT2D eigenvalue weighted by molar-refractivity contribution is 7.93. The standard InChI is InChI=1S/C28H33N3O5S/c1-21-6-5-7-24(18-21)31(37(33,34)27-19-22(2)8-13-26(27)36-4)20-28(32)30-16-14-29(15-17-30)23-9-11-25(35-3)12-10-23/h5-13,18-19H,14-17,20H2,1-4H3. The maximum absolute atomic E-state index is 13.9. The zero-order valence-electron chi connectivity index (χ0n) is 21.7. The molecule has 0 atom stereocenters. The van der Waals surface area contributed by atoms with E-state index in [0.29, 0.717) is 31.9 Å². The van der Waals surface area contributed by atoms with Gasteiger partial charge in [-0.25, -0.2) is 8.42 Å². The topological polar surface area (TPSA) is 79.4 Å². The van der Waals surface area contributed by atoms with Gasteiger partial charge in [0.25, 0.3) is 10.0 Å². The molecule has 3 aromatic carbocycles. The molecule has 9 heteroatoms. The van der Waals surface area contributed by atoms with Crippen LogP contribution in [0.4, 0.5) is 11.4 Å². The van der Waals surface area contributed by atoms with Crippen molar-refractivity contribution in [3.05, 3.63) is 77.9 Å². The molecule has 1 fully saturated rings. The van der Waals surface area contributed by atoms with Crippen LogP contribution in [0.2, 0.25) is 0 Å². The summed E-state index contributed by atoms with van der Waals surface area (Å²) in [6.07, 6.45) is 0. The van der Waals surface area contributed by atoms with Gasteiger partial charge in [-0.3, -0.25) is 9.10 Å². The maximum atomic E-state index is 13.9. The quantitative estimate of drug-likeness (QED) is 0.446. The van der Waals surface area contributed by atoms with Crippen molar-refractivity contribution in [3.8, 4) is 11.5 Å². The summed E-state index contributed by atoms with van der Waals surface area (Å²) in [5.74, 6) is 0.787. The summed E-state index contributed by atoms with van der Waals surface area (Å²) in [5.41, 5.74) is 3.18. The van der Waals surface area contributed by atoms with Gasteiger partial charge in [0.15, 0.2) is 0 Å². The lowest BCUT2D eigenvalue weighted by molar-refractivity contribution is -0.129. The molecule has 0 N–H and O–H groups in total. The van der Waals surface area contributed by atoms with Crippen molar-refractivity contribution < 1.29 is 22.7 Å². The average Bonchev–Trinajstić information content (AvgIpc) is 2.91. The summed E-state index contributed by atoms with van der Waals surface area (Å²) in [6.45, 7) is 5.72. The summed E-state index contributed by atoms with van der Waals surface area (Å²) in [5, 5.41) is 0. The number of piperazine rings is 1. The molecule has 1 aliphatic heterocycles. The summed E-state index contributed by atoms with van der Waals surface area (Å²) >= 11 is 0.